The number of halogens is 1. The topological polar surface area (TPSA) is 29.4 Å². The minimum atomic E-state index is -1.39. The molecule has 18 heavy (non-hydrogen) atoms. The average Bonchev–Trinajstić information content (AvgIpc) is 2.38. The zero-order valence-corrected chi connectivity index (χ0v) is 11.4. The molecule has 2 nitrogen and oxygen atoms in total. The second kappa shape index (κ2) is 5.94. The summed E-state index contributed by atoms with van der Waals surface area (Å²) in [7, 11) is -1.39. The molecule has 0 saturated carbocycles. The van der Waals surface area contributed by atoms with E-state index in [9.17, 15) is 4.21 Å². The summed E-state index contributed by atoms with van der Waals surface area (Å²) in [5.41, 5.74) is 1.89. The number of hydrogen-bond acceptors (Lipinski definition) is 1. The molecule has 1 unspecified atom stereocenters. The van der Waals surface area contributed by atoms with Crippen molar-refractivity contribution in [2.75, 3.05) is 0 Å². The molecule has 0 bridgehead atoms. The fraction of sp³-hybridized carbons (Fsp3) is 0.0714. The fourth-order valence-electron chi connectivity index (χ4n) is 1.40. The Morgan fingerprint density at radius 3 is 2.44 bits per heavy atom. The standard InChI is InChI=1S/C14H12ClNOS/c1-11-6-8-13(9-7-11)18(17)16-10-12-4-2-3-5-14(12)15/h2-10H,1H3/b16-10+. The second-order valence-electron chi connectivity index (χ2n) is 3.82. The summed E-state index contributed by atoms with van der Waals surface area (Å²) in [6, 6.07) is 14.8. The van der Waals surface area contributed by atoms with E-state index in [1.807, 2.05) is 49.4 Å². The quantitative estimate of drug-likeness (QED) is 0.785. The van der Waals surface area contributed by atoms with Gasteiger partial charge in [0.05, 0.1) is 4.90 Å². The molecule has 0 spiro atoms. The molecule has 0 radical (unpaired) electrons. The van der Waals surface area contributed by atoms with E-state index < -0.39 is 11.0 Å². The van der Waals surface area contributed by atoms with Crippen LogP contribution in [0.4, 0.5) is 0 Å². The lowest BCUT2D eigenvalue weighted by Gasteiger charge is -1.98. The molecule has 2 aromatic rings. The third-order valence-corrected chi connectivity index (χ3v) is 3.73. The Labute approximate surface area is 114 Å². The lowest BCUT2D eigenvalue weighted by molar-refractivity contribution is 0.684. The van der Waals surface area contributed by atoms with E-state index >= 15 is 0 Å². The van der Waals surface area contributed by atoms with Gasteiger partial charge < -0.3 is 0 Å². The van der Waals surface area contributed by atoms with Crippen molar-refractivity contribution in [2.24, 2.45) is 4.40 Å². The Kier molecular flexibility index (Phi) is 4.28. The number of nitrogens with zero attached hydrogens (tertiary/aromatic N) is 1. The summed E-state index contributed by atoms with van der Waals surface area (Å²) in [4.78, 5) is 0.684. The summed E-state index contributed by atoms with van der Waals surface area (Å²) in [6.07, 6.45) is 1.54. The highest BCUT2D eigenvalue weighted by molar-refractivity contribution is 7.83. The molecule has 0 fully saturated rings. The highest BCUT2D eigenvalue weighted by Gasteiger charge is 2.01. The molecule has 0 saturated heterocycles. The zero-order chi connectivity index (χ0) is 13.0. The Morgan fingerprint density at radius 1 is 1.11 bits per heavy atom. The van der Waals surface area contributed by atoms with Gasteiger partial charge in [-0.25, -0.2) is 4.21 Å². The van der Waals surface area contributed by atoms with Gasteiger partial charge in [0, 0.05) is 16.8 Å². The van der Waals surface area contributed by atoms with Crippen molar-refractivity contribution in [2.45, 2.75) is 11.8 Å². The van der Waals surface area contributed by atoms with Crippen molar-refractivity contribution in [3.63, 3.8) is 0 Å². The molecule has 0 aliphatic carbocycles. The predicted molar refractivity (Wildman–Crippen MR) is 76.6 cm³/mol. The Balaban J connectivity index is 2.17. The lowest BCUT2D eigenvalue weighted by atomic mass is 10.2. The van der Waals surface area contributed by atoms with Gasteiger partial charge in [0.2, 0.25) is 0 Å². The molecule has 0 N–H and O–H groups in total. The Morgan fingerprint density at radius 2 is 1.78 bits per heavy atom. The van der Waals surface area contributed by atoms with Crippen molar-refractivity contribution in [3.8, 4) is 0 Å². The number of benzene rings is 2. The summed E-state index contributed by atoms with van der Waals surface area (Å²) < 4.78 is 15.9. The molecule has 0 amide bonds. The van der Waals surface area contributed by atoms with Crippen molar-refractivity contribution >= 4 is 28.8 Å². The van der Waals surface area contributed by atoms with Crippen LogP contribution in [0.15, 0.2) is 57.8 Å². The van der Waals surface area contributed by atoms with Gasteiger partial charge in [0.1, 0.15) is 0 Å². The number of hydrogen-bond donors (Lipinski definition) is 0. The first-order valence-electron chi connectivity index (χ1n) is 5.44. The number of aryl methyl sites for hydroxylation is 1. The van der Waals surface area contributed by atoms with Crippen LogP contribution >= 0.6 is 11.6 Å². The Hall–Kier alpha value is -1.45. The monoisotopic (exact) mass is 277 g/mol. The van der Waals surface area contributed by atoms with E-state index in [1.165, 1.54) is 6.21 Å². The maximum absolute atomic E-state index is 11.9. The summed E-state index contributed by atoms with van der Waals surface area (Å²) >= 11 is 5.98. The van der Waals surface area contributed by atoms with Crippen LogP contribution in [0.3, 0.4) is 0 Å². The van der Waals surface area contributed by atoms with Crippen LogP contribution in [0, 0.1) is 6.92 Å². The largest absolute Gasteiger partial charge is 0.229 e. The van der Waals surface area contributed by atoms with Crippen LogP contribution in [0.1, 0.15) is 11.1 Å². The molecule has 92 valence electrons. The van der Waals surface area contributed by atoms with Crippen LogP contribution in [0.2, 0.25) is 5.02 Å². The van der Waals surface area contributed by atoms with Gasteiger partial charge >= 0.3 is 0 Å². The van der Waals surface area contributed by atoms with Crippen molar-refractivity contribution in [3.05, 3.63) is 64.7 Å². The van der Waals surface area contributed by atoms with E-state index in [1.54, 1.807) is 6.07 Å². The van der Waals surface area contributed by atoms with Gasteiger partial charge in [0.25, 0.3) is 0 Å². The average molecular weight is 278 g/mol. The van der Waals surface area contributed by atoms with Crippen LogP contribution in [0.5, 0.6) is 0 Å². The van der Waals surface area contributed by atoms with Gasteiger partial charge in [-0.3, -0.25) is 0 Å². The van der Waals surface area contributed by atoms with E-state index in [2.05, 4.69) is 4.40 Å². The van der Waals surface area contributed by atoms with Gasteiger partial charge in [-0.2, -0.15) is 4.40 Å². The Bertz CT molecular complexity index is 593. The summed E-state index contributed by atoms with van der Waals surface area (Å²) in [5, 5.41) is 0.599. The van der Waals surface area contributed by atoms with Gasteiger partial charge in [-0.05, 0) is 25.1 Å². The van der Waals surface area contributed by atoms with E-state index in [-0.39, 0.29) is 0 Å². The van der Waals surface area contributed by atoms with Gasteiger partial charge in [-0.1, -0.05) is 47.5 Å². The first-order chi connectivity index (χ1) is 8.66. The molecule has 4 heteroatoms. The summed E-state index contributed by atoms with van der Waals surface area (Å²) in [5.74, 6) is 0. The van der Waals surface area contributed by atoms with Gasteiger partial charge in [0.15, 0.2) is 11.0 Å². The minimum Gasteiger partial charge on any atom is -0.229 e. The molecule has 0 heterocycles. The maximum Gasteiger partial charge on any atom is 0.172 e. The first-order valence-corrected chi connectivity index (χ1v) is 6.92. The molecule has 0 aliphatic rings. The SMILES string of the molecule is Cc1ccc(S(=O)/N=C/c2ccccc2Cl)cc1. The normalized spacial score (nSPS) is 12.8. The van der Waals surface area contributed by atoms with Crippen molar-refractivity contribution < 1.29 is 4.21 Å². The third-order valence-electron chi connectivity index (χ3n) is 2.42. The molecule has 1 atom stereocenters. The molecular formula is C14H12ClNOS. The smallest absolute Gasteiger partial charge is 0.172 e. The molecular weight excluding hydrogens is 266 g/mol. The van der Waals surface area contributed by atoms with Crippen molar-refractivity contribution in [1.82, 2.24) is 0 Å². The van der Waals surface area contributed by atoms with Crippen LogP contribution in [-0.2, 0) is 11.0 Å². The minimum absolute atomic E-state index is 0.599. The third kappa shape index (κ3) is 3.28. The van der Waals surface area contributed by atoms with Crippen molar-refractivity contribution in [1.29, 1.82) is 0 Å². The first kappa shape index (κ1) is 13.0. The van der Waals surface area contributed by atoms with Crippen LogP contribution in [-0.4, -0.2) is 10.4 Å². The fourth-order valence-corrected chi connectivity index (χ4v) is 2.28. The van der Waals surface area contributed by atoms with Crippen LogP contribution in [0.25, 0.3) is 0 Å². The van der Waals surface area contributed by atoms with Gasteiger partial charge in [-0.15, -0.1) is 0 Å². The molecule has 2 aromatic carbocycles. The highest BCUT2D eigenvalue weighted by atomic mass is 35.5. The second-order valence-corrected chi connectivity index (χ2v) is 5.41. The van der Waals surface area contributed by atoms with Crippen LogP contribution < -0.4 is 0 Å². The highest BCUT2D eigenvalue weighted by Crippen LogP contribution is 2.14. The van der Waals surface area contributed by atoms with E-state index in [0.29, 0.717) is 9.92 Å². The molecule has 0 aromatic heterocycles. The molecule has 2 rings (SSSR count). The lowest BCUT2D eigenvalue weighted by Crippen LogP contribution is -1.89. The number of rotatable bonds is 3. The zero-order valence-electron chi connectivity index (χ0n) is 9.84. The molecule has 0 aliphatic heterocycles. The van der Waals surface area contributed by atoms with E-state index in [4.69, 9.17) is 11.6 Å². The van der Waals surface area contributed by atoms with E-state index in [0.717, 1.165) is 11.1 Å². The summed E-state index contributed by atoms with van der Waals surface area (Å²) in [6.45, 7) is 1.99. The maximum atomic E-state index is 11.9. The predicted octanol–water partition coefficient (Wildman–Crippen LogP) is 3.79.